The van der Waals surface area contributed by atoms with Gasteiger partial charge in [0.05, 0.1) is 24.8 Å². The van der Waals surface area contributed by atoms with Gasteiger partial charge in [0.1, 0.15) is 24.1 Å². The van der Waals surface area contributed by atoms with Gasteiger partial charge in [-0.3, -0.25) is 4.90 Å². The largest absolute Gasteiger partial charge is 0.459 e. The number of hydrogen-bond donors (Lipinski definition) is 3. The summed E-state index contributed by atoms with van der Waals surface area (Å²) in [7, 11) is 0. The zero-order chi connectivity index (χ0) is 36.1. The first-order valence-electron chi connectivity index (χ1n) is 18.4. The number of oxime groups is 1. The van der Waals surface area contributed by atoms with Crippen LogP contribution in [0, 0.1) is 17.8 Å². The van der Waals surface area contributed by atoms with Crippen molar-refractivity contribution >= 4 is 17.9 Å². The number of allylic oxidation sites excluding steroid dienone is 1. The van der Waals surface area contributed by atoms with Crippen LogP contribution in [-0.2, 0) is 14.3 Å². The molecule has 0 bridgehead atoms. The summed E-state index contributed by atoms with van der Waals surface area (Å²) in [5.41, 5.74) is 2.53. The molecule has 3 N–H and O–H groups in total. The van der Waals surface area contributed by atoms with Gasteiger partial charge in [-0.25, -0.2) is 9.59 Å². The van der Waals surface area contributed by atoms with Crippen molar-refractivity contribution in [3.63, 3.8) is 0 Å². The Balaban J connectivity index is 2.03. The minimum Gasteiger partial charge on any atom is -0.459 e. The maximum absolute atomic E-state index is 13.8. The number of carbonyl (C=O) groups excluding carboxylic acids is 2. The number of rotatable bonds is 19. The molecule has 278 valence electrons. The van der Waals surface area contributed by atoms with E-state index in [1.165, 1.54) is 0 Å². The molecule has 1 aromatic carbocycles. The van der Waals surface area contributed by atoms with Crippen LogP contribution in [-0.4, -0.2) is 91.0 Å². The summed E-state index contributed by atoms with van der Waals surface area (Å²) in [6.07, 6.45) is 8.54. The Kier molecular flexibility index (Phi) is 15.0. The number of aliphatic hydroxyl groups is 2. The Morgan fingerprint density at radius 2 is 1.86 bits per heavy atom. The fourth-order valence-corrected chi connectivity index (χ4v) is 7.96. The average Bonchev–Trinajstić information content (AvgIpc) is 3.10. The molecule has 0 spiro atoms. The van der Waals surface area contributed by atoms with E-state index in [9.17, 15) is 19.8 Å². The first-order chi connectivity index (χ1) is 24.3. The van der Waals surface area contributed by atoms with Gasteiger partial charge in [0.25, 0.3) is 0 Å². The van der Waals surface area contributed by atoms with Crippen LogP contribution in [0.5, 0.6) is 11.5 Å². The zero-order valence-corrected chi connectivity index (χ0v) is 30.2. The monoisotopic (exact) mass is 699 g/mol. The van der Waals surface area contributed by atoms with E-state index in [0.29, 0.717) is 56.9 Å². The predicted molar refractivity (Wildman–Crippen MR) is 190 cm³/mol. The van der Waals surface area contributed by atoms with Crippen molar-refractivity contribution in [3.05, 3.63) is 48.1 Å². The minimum absolute atomic E-state index is 0.0531. The summed E-state index contributed by atoms with van der Waals surface area (Å²) in [4.78, 5) is 33.8. The van der Waals surface area contributed by atoms with Crippen molar-refractivity contribution in [2.75, 3.05) is 46.1 Å². The molecule has 12 nitrogen and oxygen atoms in total. The predicted octanol–water partition coefficient (Wildman–Crippen LogP) is 6.32. The van der Waals surface area contributed by atoms with E-state index >= 15 is 0 Å². The van der Waals surface area contributed by atoms with E-state index in [-0.39, 0.29) is 44.2 Å². The van der Waals surface area contributed by atoms with Gasteiger partial charge in [-0.1, -0.05) is 37.1 Å². The highest BCUT2D eigenvalue weighted by Crippen LogP contribution is 2.62. The lowest BCUT2D eigenvalue weighted by Crippen LogP contribution is -2.70. The minimum atomic E-state index is -1.36. The lowest BCUT2D eigenvalue weighted by Gasteiger charge is -2.59. The maximum atomic E-state index is 13.8. The molecule has 6 unspecified atom stereocenters. The highest BCUT2D eigenvalue weighted by atomic mass is 16.7. The van der Waals surface area contributed by atoms with E-state index in [0.717, 1.165) is 42.5 Å². The third-order valence-corrected chi connectivity index (χ3v) is 9.82. The van der Waals surface area contributed by atoms with Gasteiger partial charge in [-0.15, -0.1) is 6.58 Å². The molecule has 1 aromatic rings. The second-order valence-corrected chi connectivity index (χ2v) is 13.0. The molecular formula is C38H57N3O9. The number of ether oxygens (including phenoxy) is 4. The highest BCUT2D eigenvalue weighted by Gasteiger charge is 2.65. The van der Waals surface area contributed by atoms with E-state index in [1.807, 2.05) is 32.9 Å². The molecule has 2 aliphatic carbocycles. The number of hydrogen-bond acceptors (Lipinski definition) is 10. The third-order valence-electron chi connectivity index (χ3n) is 9.82. The zero-order valence-electron chi connectivity index (χ0n) is 30.2. The van der Waals surface area contributed by atoms with Crippen LogP contribution >= 0.6 is 0 Å². The Morgan fingerprint density at radius 3 is 2.52 bits per heavy atom. The Hall–Kier alpha value is -3.61. The standard InChI is InChI=1S/C38H57N3O9/c1-6-19-41(37(45)46-9-4)33-25-31(40-48-10-5)29-23-26(15-11-13-20-42)28(16-12-14-21-43)34-30-24-27(49-36(44)39-8-3)17-18-32(30)50-38(33,35(29)34)47-22-7-2/h7,17-18,23-24,26,28,33-35,42-43H,2,6,8-16,19-22,25H2,1,3-5H3,(H,39,44). The molecule has 1 heterocycles. The van der Waals surface area contributed by atoms with E-state index in [1.54, 1.807) is 24.0 Å². The fourth-order valence-electron chi connectivity index (χ4n) is 7.96. The SMILES string of the molecule is C=CCOC12Oc3ccc(OC(=O)NCC)cc3C3C(CCCCO)C(CCCCO)C=C(C(=NOCC)CC1N(CCC)C(=O)OCC)C32. The van der Waals surface area contributed by atoms with Crippen LogP contribution < -0.4 is 14.8 Å². The summed E-state index contributed by atoms with van der Waals surface area (Å²) >= 11 is 0. The molecule has 6 atom stereocenters. The summed E-state index contributed by atoms with van der Waals surface area (Å²) in [6.45, 7) is 13.2. The van der Waals surface area contributed by atoms with Crippen molar-refractivity contribution in [2.24, 2.45) is 22.9 Å². The smallest absolute Gasteiger partial charge is 0.412 e. The molecule has 3 aliphatic rings. The summed E-state index contributed by atoms with van der Waals surface area (Å²) in [5, 5.41) is 26.9. The summed E-state index contributed by atoms with van der Waals surface area (Å²) in [6, 6.07) is 4.77. The van der Waals surface area contributed by atoms with Gasteiger partial charge >= 0.3 is 12.2 Å². The topological polar surface area (TPSA) is 148 Å². The van der Waals surface area contributed by atoms with Crippen LogP contribution in [0.2, 0.25) is 0 Å². The van der Waals surface area contributed by atoms with Gasteiger partial charge < -0.3 is 39.3 Å². The molecule has 12 heteroatoms. The van der Waals surface area contributed by atoms with Crippen LogP contribution in [0.3, 0.4) is 0 Å². The molecule has 4 rings (SSSR count). The highest BCUT2D eigenvalue weighted by molar-refractivity contribution is 6.03. The molecule has 0 aromatic heterocycles. The van der Waals surface area contributed by atoms with Gasteiger partial charge in [-0.05, 0) is 88.5 Å². The molecule has 1 saturated carbocycles. The normalized spacial score (nSPS) is 25.8. The number of amides is 2. The van der Waals surface area contributed by atoms with Gasteiger partial charge in [0.15, 0.2) is 0 Å². The Bertz CT molecular complexity index is 1350. The quantitative estimate of drug-likeness (QED) is 0.0858. The second kappa shape index (κ2) is 19.1. The number of nitrogens with zero attached hydrogens (tertiary/aromatic N) is 2. The van der Waals surface area contributed by atoms with Gasteiger partial charge in [-0.2, -0.15) is 0 Å². The average molecular weight is 700 g/mol. The van der Waals surface area contributed by atoms with Crippen molar-refractivity contribution in [1.29, 1.82) is 0 Å². The van der Waals surface area contributed by atoms with E-state index in [4.69, 9.17) is 23.8 Å². The Labute approximate surface area is 296 Å². The number of benzene rings is 1. The third kappa shape index (κ3) is 8.63. The fraction of sp³-hybridized carbons (Fsp3) is 0.658. The van der Waals surface area contributed by atoms with E-state index < -0.39 is 29.9 Å². The van der Waals surface area contributed by atoms with Crippen molar-refractivity contribution in [2.45, 2.75) is 96.8 Å². The maximum Gasteiger partial charge on any atom is 0.412 e. The first kappa shape index (κ1) is 39.2. The van der Waals surface area contributed by atoms with Crippen molar-refractivity contribution < 1.29 is 43.6 Å². The van der Waals surface area contributed by atoms with Crippen LogP contribution in [0.25, 0.3) is 0 Å². The van der Waals surface area contributed by atoms with Crippen LogP contribution in [0.1, 0.15) is 90.5 Å². The molecule has 50 heavy (non-hydrogen) atoms. The summed E-state index contributed by atoms with van der Waals surface area (Å²) in [5.74, 6) is -0.928. The molecule has 0 radical (unpaired) electrons. The molecular weight excluding hydrogens is 642 g/mol. The van der Waals surface area contributed by atoms with Crippen molar-refractivity contribution in [1.82, 2.24) is 10.2 Å². The lowest BCUT2D eigenvalue weighted by molar-refractivity contribution is -0.255. The molecule has 1 fully saturated rings. The number of nitrogens with one attached hydrogen (secondary N) is 1. The second-order valence-electron chi connectivity index (χ2n) is 13.0. The van der Waals surface area contributed by atoms with Gasteiger partial charge in [0.2, 0.25) is 5.79 Å². The number of aliphatic hydroxyl groups excluding tert-OH is 2. The molecule has 0 saturated heterocycles. The summed E-state index contributed by atoms with van der Waals surface area (Å²) < 4.78 is 25.3. The first-order valence-corrected chi connectivity index (χ1v) is 18.4. The molecule has 2 amide bonds. The number of carbonyl (C=O) groups is 2. The van der Waals surface area contributed by atoms with Crippen molar-refractivity contribution in [3.8, 4) is 11.5 Å². The van der Waals surface area contributed by atoms with Crippen LogP contribution in [0.4, 0.5) is 9.59 Å². The lowest BCUT2D eigenvalue weighted by atomic mass is 9.55. The Morgan fingerprint density at radius 1 is 1.10 bits per heavy atom. The van der Waals surface area contributed by atoms with E-state index in [2.05, 4.69) is 23.1 Å². The van der Waals surface area contributed by atoms with Crippen LogP contribution in [0.15, 0.2) is 47.7 Å². The number of fused-ring (bicyclic) bond motifs is 2. The van der Waals surface area contributed by atoms with Gasteiger partial charge in [0, 0.05) is 44.2 Å². The number of unbranched alkanes of at least 4 members (excludes halogenated alkanes) is 2. The molecule has 1 aliphatic heterocycles.